The van der Waals surface area contributed by atoms with Gasteiger partial charge in [-0.15, -0.1) is 0 Å². The summed E-state index contributed by atoms with van der Waals surface area (Å²) in [6, 6.07) is 13.1. The topological polar surface area (TPSA) is 84.7 Å². The minimum absolute atomic E-state index is 0.181. The predicted molar refractivity (Wildman–Crippen MR) is 106 cm³/mol. The first-order chi connectivity index (χ1) is 12.9. The summed E-state index contributed by atoms with van der Waals surface area (Å²) in [6.07, 6.45) is 0.509. The summed E-state index contributed by atoms with van der Waals surface area (Å²) >= 11 is 0. The summed E-state index contributed by atoms with van der Waals surface area (Å²) in [5.74, 6) is 0.793. The maximum atomic E-state index is 12.9. The molecule has 0 aliphatic rings. The lowest BCUT2D eigenvalue weighted by Gasteiger charge is -2.18. The number of hydrogen-bond donors (Lipinski definition) is 2. The molecule has 0 unspecified atom stereocenters. The Morgan fingerprint density at radius 1 is 1.07 bits per heavy atom. The van der Waals surface area contributed by atoms with Crippen molar-refractivity contribution in [1.29, 1.82) is 0 Å². The highest BCUT2D eigenvalue weighted by Gasteiger charge is 2.21. The van der Waals surface area contributed by atoms with E-state index >= 15 is 0 Å². The fraction of sp³-hybridized carbons (Fsp3) is 0.300. The monoisotopic (exact) mass is 364 g/mol. The molecular formula is C20H24N6O. The van der Waals surface area contributed by atoms with Crippen molar-refractivity contribution in [3.8, 4) is 0 Å². The maximum absolute atomic E-state index is 12.9. The van der Waals surface area contributed by atoms with E-state index in [1.165, 1.54) is 0 Å². The van der Waals surface area contributed by atoms with Crippen molar-refractivity contribution in [1.82, 2.24) is 19.7 Å². The summed E-state index contributed by atoms with van der Waals surface area (Å²) in [5.41, 5.74) is 3.72. The van der Waals surface area contributed by atoms with Gasteiger partial charge in [-0.1, -0.05) is 30.3 Å². The van der Waals surface area contributed by atoms with Gasteiger partial charge in [0.1, 0.15) is 6.04 Å². The molecule has 1 atom stereocenters. The Balaban J connectivity index is 1.82. The number of aryl methyl sites for hydroxylation is 4. The molecule has 140 valence electrons. The molecule has 0 bridgehead atoms. The third kappa shape index (κ3) is 4.91. The Hall–Kier alpha value is -3.22. The third-order valence-corrected chi connectivity index (χ3v) is 4.25. The van der Waals surface area contributed by atoms with Gasteiger partial charge in [0.05, 0.1) is 0 Å². The highest BCUT2D eigenvalue weighted by Crippen LogP contribution is 2.13. The molecule has 1 aromatic carbocycles. The van der Waals surface area contributed by atoms with E-state index in [-0.39, 0.29) is 5.91 Å². The number of anilines is 2. The molecule has 3 rings (SSSR count). The number of nitrogens with one attached hydrogen (secondary N) is 2. The second-order valence-electron chi connectivity index (χ2n) is 6.64. The molecule has 7 nitrogen and oxygen atoms in total. The average Bonchev–Trinajstić information content (AvgIpc) is 2.91. The first-order valence-corrected chi connectivity index (χ1v) is 8.85. The molecule has 0 spiro atoms. The Kier molecular flexibility index (Phi) is 5.49. The lowest BCUT2D eigenvalue weighted by molar-refractivity contribution is -0.116. The molecule has 27 heavy (non-hydrogen) atoms. The number of carbonyl (C=O) groups excluding carboxylic acids is 1. The van der Waals surface area contributed by atoms with Crippen LogP contribution in [0.2, 0.25) is 0 Å². The number of rotatable bonds is 6. The summed E-state index contributed by atoms with van der Waals surface area (Å²) < 4.78 is 1.72. The van der Waals surface area contributed by atoms with E-state index in [0.717, 1.165) is 22.6 Å². The van der Waals surface area contributed by atoms with Crippen LogP contribution < -0.4 is 10.6 Å². The number of carbonyl (C=O) groups is 1. The van der Waals surface area contributed by atoms with Gasteiger partial charge in [-0.3, -0.25) is 9.48 Å². The highest BCUT2D eigenvalue weighted by molar-refractivity contribution is 5.95. The van der Waals surface area contributed by atoms with Crippen molar-refractivity contribution in [3.63, 3.8) is 0 Å². The van der Waals surface area contributed by atoms with Crippen molar-refractivity contribution in [2.24, 2.45) is 7.05 Å². The summed E-state index contributed by atoms with van der Waals surface area (Å²) in [5, 5.41) is 10.4. The largest absolute Gasteiger partial charge is 0.342 e. The van der Waals surface area contributed by atoms with Crippen LogP contribution in [-0.4, -0.2) is 31.7 Å². The summed E-state index contributed by atoms with van der Waals surface area (Å²) in [6.45, 7) is 5.75. The van der Waals surface area contributed by atoms with Crippen LogP contribution in [-0.2, 0) is 18.3 Å². The van der Waals surface area contributed by atoms with Gasteiger partial charge >= 0.3 is 0 Å². The maximum Gasteiger partial charge on any atom is 0.248 e. The van der Waals surface area contributed by atoms with Crippen molar-refractivity contribution in [3.05, 3.63) is 65.1 Å². The van der Waals surface area contributed by atoms with Crippen LogP contribution in [0.15, 0.2) is 42.5 Å². The Bertz CT molecular complexity index is 895. The van der Waals surface area contributed by atoms with Crippen LogP contribution >= 0.6 is 0 Å². The average molecular weight is 364 g/mol. The van der Waals surface area contributed by atoms with E-state index in [1.54, 1.807) is 4.68 Å². The molecular weight excluding hydrogens is 340 g/mol. The Labute approximate surface area is 158 Å². The van der Waals surface area contributed by atoms with Gasteiger partial charge < -0.3 is 10.6 Å². The van der Waals surface area contributed by atoms with Gasteiger partial charge in [0.2, 0.25) is 11.9 Å². The second-order valence-corrected chi connectivity index (χ2v) is 6.64. The molecule has 0 radical (unpaired) electrons. The van der Waals surface area contributed by atoms with Crippen LogP contribution in [0.4, 0.5) is 11.8 Å². The molecule has 0 aliphatic heterocycles. The standard InChI is InChI=1S/C20H24N6O/c1-13-10-14(2)22-20(21-13)23-17(12-16-8-6-5-7-9-16)19(27)24-18-11-15(3)26(4)25-18/h5-11,17H,12H2,1-4H3,(H,21,22,23)(H,24,25,27)/t17-/m0/s1. The highest BCUT2D eigenvalue weighted by atomic mass is 16.2. The lowest BCUT2D eigenvalue weighted by Crippen LogP contribution is -2.37. The lowest BCUT2D eigenvalue weighted by atomic mass is 10.1. The zero-order valence-electron chi connectivity index (χ0n) is 16.0. The molecule has 0 fully saturated rings. The van der Waals surface area contributed by atoms with E-state index in [9.17, 15) is 4.79 Å². The quantitative estimate of drug-likeness (QED) is 0.703. The van der Waals surface area contributed by atoms with Crippen LogP contribution in [0, 0.1) is 20.8 Å². The summed E-state index contributed by atoms with van der Waals surface area (Å²) in [7, 11) is 1.84. The van der Waals surface area contributed by atoms with Gasteiger partial charge in [0.15, 0.2) is 5.82 Å². The zero-order chi connectivity index (χ0) is 19.4. The van der Waals surface area contributed by atoms with Crippen LogP contribution in [0.1, 0.15) is 22.6 Å². The number of benzene rings is 1. The van der Waals surface area contributed by atoms with E-state index in [0.29, 0.717) is 18.2 Å². The van der Waals surface area contributed by atoms with Crippen molar-refractivity contribution < 1.29 is 4.79 Å². The van der Waals surface area contributed by atoms with E-state index < -0.39 is 6.04 Å². The third-order valence-electron chi connectivity index (χ3n) is 4.25. The minimum atomic E-state index is -0.532. The van der Waals surface area contributed by atoms with Crippen LogP contribution in [0.5, 0.6) is 0 Å². The minimum Gasteiger partial charge on any atom is -0.342 e. The number of amides is 1. The number of hydrogen-bond acceptors (Lipinski definition) is 5. The Morgan fingerprint density at radius 2 is 1.74 bits per heavy atom. The normalized spacial score (nSPS) is 11.9. The second kappa shape index (κ2) is 7.99. The van der Waals surface area contributed by atoms with Crippen LogP contribution in [0.25, 0.3) is 0 Å². The van der Waals surface area contributed by atoms with E-state index in [2.05, 4.69) is 25.7 Å². The molecule has 1 amide bonds. The molecule has 3 aromatic rings. The molecule has 0 saturated carbocycles. The smallest absolute Gasteiger partial charge is 0.248 e. The van der Waals surface area contributed by atoms with Gasteiger partial charge in [-0.05, 0) is 32.4 Å². The molecule has 0 saturated heterocycles. The van der Waals surface area contributed by atoms with Crippen LogP contribution in [0.3, 0.4) is 0 Å². The number of nitrogens with zero attached hydrogens (tertiary/aromatic N) is 4. The molecule has 2 heterocycles. The fourth-order valence-corrected chi connectivity index (χ4v) is 2.84. The van der Waals surface area contributed by atoms with Gasteiger partial charge in [-0.25, -0.2) is 9.97 Å². The fourth-order valence-electron chi connectivity index (χ4n) is 2.84. The first-order valence-electron chi connectivity index (χ1n) is 8.85. The van der Waals surface area contributed by atoms with Crippen molar-refractivity contribution >= 4 is 17.7 Å². The van der Waals surface area contributed by atoms with Gasteiger partial charge in [0.25, 0.3) is 0 Å². The predicted octanol–water partition coefficient (Wildman–Crippen LogP) is 2.80. The van der Waals surface area contributed by atoms with Gasteiger partial charge in [-0.2, -0.15) is 5.10 Å². The van der Waals surface area contributed by atoms with Crippen molar-refractivity contribution in [2.75, 3.05) is 10.6 Å². The molecule has 0 aliphatic carbocycles. The summed E-state index contributed by atoms with van der Waals surface area (Å²) in [4.78, 5) is 21.7. The molecule has 2 N–H and O–H groups in total. The Morgan fingerprint density at radius 3 is 2.33 bits per heavy atom. The van der Waals surface area contributed by atoms with Gasteiger partial charge in [0, 0.05) is 36.6 Å². The molecule has 2 aromatic heterocycles. The SMILES string of the molecule is Cc1cc(C)nc(N[C@@H](Cc2ccccc2)C(=O)Nc2cc(C)n(C)n2)n1. The van der Waals surface area contributed by atoms with E-state index in [4.69, 9.17) is 0 Å². The first kappa shape index (κ1) is 18.6. The number of aromatic nitrogens is 4. The molecule has 7 heteroatoms. The van der Waals surface area contributed by atoms with Crippen molar-refractivity contribution in [2.45, 2.75) is 33.2 Å². The van der Waals surface area contributed by atoms with E-state index in [1.807, 2.05) is 70.3 Å². The zero-order valence-corrected chi connectivity index (χ0v) is 16.0.